The highest BCUT2D eigenvalue weighted by molar-refractivity contribution is 5.90. The summed E-state index contributed by atoms with van der Waals surface area (Å²) < 4.78 is 7.60. The third-order valence-electron chi connectivity index (χ3n) is 5.18. The lowest BCUT2D eigenvalue weighted by atomic mass is 9.79. The molecule has 1 aromatic heterocycles. The molecule has 1 unspecified atom stereocenters. The Labute approximate surface area is 124 Å². The number of nitrogens with zero attached hydrogens (tertiary/aromatic N) is 4. The van der Waals surface area contributed by atoms with E-state index in [1.165, 1.54) is 6.42 Å². The average molecular weight is 290 g/mol. The zero-order valence-corrected chi connectivity index (χ0v) is 12.4. The first-order chi connectivity index (χ1) is 10.3. The Morgan fingerprint density at radius 2 is 2.10 bits per heavy atom. The number of rotatable bonds is 1. The fraction of sp³-hybridized carbons (Fsp3) is 0.800. The summed E-state index contributed by atoms with van der Waals surface area (Å²) in [5.41, 5.74) is 0.193. The fourth-order valence-electron chi connectivity index (χ4n) is 3.96. The molecular weight excluding hydrogens is 268 g/mol. The van der Waals surface area contributed by atoms with Crippen LogP contribution in [0.15, 0.2) is 0 Å². The summed E-state index contributed by atoms with van der Waals surface area (Å²) in [5.74, 6) is 1.57. The number of likely N-dealkylation sites (tertiary alicyclic amines) is 1. The lowest BCUT2D eigenvalue weighted by Crippen LogP contribution is -2.47. The SMILES string of the molecule is O=C(c1nnc2n1CCCC2)N1CCCC2(CCOC2)C1. The maximum absolute atomic E-state index is 12.8. The highest BCUT2D eigenvalue weighted by Crippen LogP contribution is 2.38. The standard InChI is InChI=1S/C15H22N4O2/c20-14(13-17-16-12-4-1-2-8-19(12)13)18-7-3-5-15(10-18)6-9-21-11-15/h1-11H2. The molecule has 114 valence electrons. The second kappa shape index (κ2) is 5.09. The molecule has 21 heavy (non-hydrogen) atoms. The van der Waals surface area contributed by atoms with Crippen molar-refractivity contribution in [2.24, 2.45) is 5.41 Å². The molecular formula is C15H22N4O2. The molecule has 4 rings (SSSR count). The Morgan fingerprint density at radius 1 is 1.14 bits per heavy atom. The Kier molecular flexibility index (Phi) is 3.21. The van der Waals surface area contributed by atoms with E-state index >= 15 is 0 Å². The quantitative estimate of drug-likeness (QED) is 0.781. The van der Waals surface area contributed by atoms with Crippen LogP contribution in [-0.4, -0.2) is 51.9 Å². The van der Waals surface area contributed by atoms with Gasteiger partial charge in [0.25, 0.3) is 5.91 Å². The van der Waals surface area contributed by atoms with Gasteiger partial charge in [-0.25, -0.2) is 0 Å². The van der Waals surface area contributed by atoms with Crippen LogP contribution in [0.5, 0.6) is 0 Å². The van der Waals surface area contributed by atoms with Gasteiger partial charge in [0.1, 0.15) is 5.82 Å². The van der Waals surface area contributed by atoms with E-state index in [1.54, 1.807) is 0 Å². The van der Waals surface area contributed by atoms with E-state index in [9.17, 15) is 4.79 Å². The number of carbonyl (C=O) groups is 1. The lowest BCUT2D eigenvalue weighted by molar-refractivity contribution is 0.0447. The van der Waals surface area contributed by atoms with Gasteiger partial charge in [0.15, 0.2) is 0 Å². The molecule has 2 saturated heterocycles. The number of amides is 1. The Balaban J connectivity index is 1.55. The molecule has 1 aromatic rings. The summed E-state index contributed by atoms with van der Waals surface area (Å²) in [6.45, 7) is 4.17. The topological polar surface area (TPSA) is 60.2 Å². The van der Waals surface area contributed by atoms with E-state index in [1.807, 2.05) is 9.47 Å². The molecule has 6 heteroatoms. The first-order valence-electron chi connectivity index (χ1n) is 8.07. The minimum Gasteiger partial charge on any atom is -0.381 e. The van der Waals surface area contributed by atoms with Gasteiger partial charge in [-0.1, -0.05) is 0 Å². The van der Waals surface area contributed by atoms with Crippen LogP contribution in [0.2, 0.25) is 0 Å². The molecule has 0 N–H and O–H groups in total. The van der Waals surface area contributed by atoms with E-state index in [0.717, 1.165) is 70.8 Å². The van der Waals surface area contributed by atoms with Crippen molar-refractivity contribution in [2.45, 2.75) is 45.1 Å². The van der Waals surface area contributed by atoms with Crippen molar-refractivity contribution in [2.75, 3.05) is 26.3 Å². The predicted molar refractivity (Wildman–Crippen MR) is 76.0 cm³/mol. The zero-order chi connectivity index (χ0) is 14.3. The van der Waals surface area contributed by atoms with Gasteiger partial charge in [-0.15, -0.1) is 10.2 Å². The number of carbonyl (C=O) groups excluding carboxylic acids is 1. The molecule has 0 bridgehead atoms. The molecule has 0 aromatic carbocycles. The van der Waals surface area contributed by atoms with Gasteiger partial charge in [0, 0.05) is 38.1 Å². The van der Waals surface area contributed by atoms with Crippen LogP contribution in [0.25, 0.3) is 0 Å². The van der Waals surface area contributed by atoms with Crippen molar-refractivity contribution < 1.29 is 9.53 Å². The number of aryl methyl sites for hydroxylation is 1. The molecule has 3 aliphatic rings. The highest BCUT2D eigenvalue weighted by atomic mass is 16.5. The average Bonchev–Trinajstić information content (AvgIpc) is 3.14. The van der Waals surface area contributed by atoms with Crippen molar-refractivity contribution in [3.63, 3.8) is 0 Å². The maximum Gasteiger partial charge on any atom is 0.291 e. The minimum absolute atomic E-state index is 0.0571. The normalized spacial score (nSPS) is 28.9. The Bertz CT molecular complexity index is 548. The third-order valence-corrected chi connectivity index (χ3v) is 5.18. The molecule has 1 spiro atoms. The number of aromatic nitrogens is 3. The number of hydrogen-bond acceptors (Lipinski definition) is 4. The monoisotopic (exact) mass is 290 g/mol. The summed E-state index contributed by atoms with van der Waals surface area (Å²) in [7, 11) is 0. The number of piperidine rings is 1. The molecule has 0 aliphatic carbocycles. The van der Waals surface area contributed by atoms with Gasteiger partial charge < -0.3 is 14.2 Å². The minimum atomic E-state index is 0.0571. The van der Waals surface area contributed by atoms with Crippen LogP contribution in [0.3, 0.4) is 0 Å². The van der Waals surface area contributed by atoms with Gasteiger partial charge >= 0.3 is 0 Å². The van der Waals surface area contributed by atoms with E-state index in [4.69, 9.17) is 4.74 Å². The lowest BCUT2D eigenvalue weighted by Gasteiger charge is -2.39. The predicted octanol–water partition coefficient (Wildman–Crippen LogP) is 1.26. The highest BCUT2D eigenvalue weighted by Gasteiger charge is 2.41. The Hall–Kier alpha value is -1.43. The van der Waals surface area contributed by atoms with Crippen LogP contribution >= 0.6 is 0 Å². The Morgan fingerprint density at radius 3 is 2.95 bits per heavy atom. The molecule has 4 heterocycles. The van der Waals surface area contributed by atoms with Crippen molar-refractivity contribution in [1.29, 1.82) is 0 Å². The molecule has 1 atom stereocenters. The number of ether oxygens (including phenoxy) is 1. The summed E-state index contributed by atoms with van der Waals surface area (Å²) in [6, 6.07) is 0. The van der Waals surface area contributed by atoms with Crippen molar-refractivity contribution in [1.82, 2.24) is 19.7 Å². The molecule has 1 amide bonds. The van der Waals surface area contributed by atoms with Crippen molar-refractivity contribution in [3.05, 3.63) is 11.6 Å². The van der Waals surface area contributed by atoms with Crippen molar-refractivity contribution in [3.8, 4) is 0 Å². The molecule has 2 fully saturated rings. The van der Waals surface area contributed by atoms with Crippen LogP contribution in [0.4, 0.5) is 0 Å². The van der Waals surface area contributed by atoms with Crippen LogP contribution in [0.1, 0.15) is 48.5 Å². The molecule has 0 radical (unpaired) electrons. The van der Waals surface area contributed by atoms with Crippen LogP contribution in [-0.2, 0) is 17.7 Å². The smallest absolute Gasteiger partial charge is 0.291 e. The summed E-state index contributed by atoms with van der Waals surface area (Å²) in [6.07, 6.45) is 6.52. The fourth-order valence-corrected chi connectivity index (χ4v) is 3.96. The van der Waals surface area contributed by atoms with E-state index in [0.29, 0.717) is 5.82 Å². The zero-order valence-electron chi connectivity index (χ0n) is 12.4. The first kappa shape index (κ1) is 13.2. The van der Waals surface area contributed by atoms with E-state index < -0.39 is 0 Å². The molecule has 3 aliphatic heterocycles. The van der Waals surface area contributed by atoms with E-state index in [2.05, 4.69) is 10.2 Å². The second-order valence-electron chi connectivity index (χ2n) is 6.68. The summed E-state index contributed by atoms with van der Waals surface area (Å²) in [4.78, 5) is 14.8. The third kappa shape index (κ3) is 2.25. The van der Waals surface area contributed by atoms with Gasteiger partial charge in [-0.2, -0.15) is 0 Å². The van der Waals surface area contributed by atoms with Gasteiger partial charge in [0.2, 0.25) is 5.82 Å². The number of hydrogen-bond donors (Lipinski definition) is 0. The number of fused-ring (bicyclic) bond motifs is 1. The summed E-state index contributed by atoms with van der Waals surface area (Å²) in [5, 5.41) is 8.38. The van der Waals surface area contributed by atoms with E-state index in [-0.39, 0.29) is 11.3 Å². The second-order valence-corrected chi connectivity index (χ2v) is 6.68. The van der Waals surface area contributed by atoms with Crippen LogP contribution in [0, 0.1) is 5.41 Å². The van der Waals surface area contributed by atoms with Crippen LogP contribution < -0.4 is 0 Å². The maximum atomic E-state index is 12.8. The van der Waals surface area contributed by atoms with Gasteiger partial charge in [-0.05, 0) is 32.1 Å². The molecule has 6 nitrogen and oxygen atoms in total. The van der Waals surface area contributed by atoms with Gasteiger partial charge in [-0.3, -0.25) is 4.79 Å². The van der Waals surface area contributed by atoms with Gasteiger partial charge in [0.05, 0.1) is 6.61 Å². The molecule has 0 saturated carbocycles. The largest absolute Gasteiger partial charge is 0.381 e. The first-order valence-corrected chi connectivity index (χ1v) is 8.07. The van der Waals surface area contributed by atoms with Crippen molar-refractivity contribution >= 4 is 5.91 Å². The summed E-state index contributed by atoms with van der Waals surface area (Å²) >= 11 is 0.